The van der Waals surface area contributed by atoms with Gasteiger partial charge in [0.05, 0.1) is 0 Å². The highest BCUT2D eigenvalue weighted by Gasteiger charge is 2.15. The SMILES string of the molecule is Fc1ccc(-c2ncnnc2-c2cccc(Cl)c2)c(F)c1. The number of hydrogen-bond acceptors (Lipinski definition) is 3. The van der Waals surface area contributed by atoms with Crippen LogP contribution in [0.4, 0.5) is 8.78 Å². The van der Waals surface area contributed by atoms with Crippen LogP contribution in [0.25, 0.3) is 22.5 Å². The van der Waals surface area contributed by atoms with E-state index in [1.165, 1.54) is 18.5 Å². The van der Waals surface area contributed by atoms with E-state index in [1.807, 2.05) is 0 Å². The maximum atomic E-state index is 14.0. The van der Waals surface area contributed by atoms with E-state index in [4.69, 9.17) is 11.6 Å². The topological polar surface area (TPSA) is 38.7 Å². The van der Waals surface area contributed by atoms with E-state index in [0.29, 0.717) is 16.3 Å². The molecule has 0 aliphatic heterocycles. The van der Waals surface area contributed by atoms with Gasteiger partial charge in [0.2, 0.25) is 0 Å². The van der Waals surface area contributed by atoms with Crippen molar-refractivity contribution in [2.75, 3.05) is 0 Å². The third kappa shape index (κ3) is 2.73. The van der Waals surface area contributed by atoms with E-state index in [-0.39, 0.29) is 11.3 Å². The summed E-state index contributed by atoms with van der Waals surface area (Å²) in [5, 5.41) is 8.24. The van der Waals surface area contributed by atoms with Crippen molar-refractivity contribution in [3.63, 3.8) is 0 Å². The first-order valence-electron chi connectivity index (χ1n) is 6.04. The summed E-state index contributed by atoms with van der Waals surface area (Å²) in [5.74, 6) is -1.36. The van der Waals surface area contributed by atoms with Crippen LogP contribution < -0.4 is 0 Å². The monoisotopic (exact) mass is 303 g/mol. The van der Waals surface area contributed by atoms with Crippen LogP contribution in [0.3, 0.4) is 0 Å². The number of hydrogen-bond donors (Lipinski definition) is 0. The number of halogens is 3. The van der Waals surface area contributed by atoms with Crippen LogP contribution in [0, 0.1) is 11.6 Å². The van der Waals surface area contributed by atoms with Crippen molar-refractivity contribution in [2.45, 2.75) is 0 Å². The van der Waals surface area contributed by atoms with E-state index in [9.17, 15) is 8.78 Å². The molecule has 0 radical (unpaired) electrons. The van der Waals surface area contributed by atoms with E-state index in [1.54, 1.807) is 24.3 Å². The van der Waals surface area contributed by atoms with Crippen LogP contribution in [0.5, 0.6) is 0 Å². The average Bonchev–Trinajstić information content (AvgIpc) is 2.47. The van der Waals surface area contributed by atoms with Crippen LogP contribution in [0.1, 0.15) is 0 Å². The fourth-order valence-corrected chi connectivity index (χ4v) is 2.17. The minimum Gasteiger partial charge on any atom is -0.232 e. The largest absolute Gasteiger partial charge is 0.232 e. The van der Waals surface area contributed by atoms with Gasteiger partial charge in [-0.05, 0) is 24.3 Å². The molecule has 0 bridgehead atoms. The number of benzene rings is 2. The Balaban J connectivity index is 2.20. The zero-order chi connectivity index (χ0) is 14.8. The molecule has 0 N–H and O–H groups in total. The van der Waals surface area contributed by atoms with Gasteiger partial charge in [-0.2, -0.15) is 0 Å². The van der Waals surface area contributed by atoms with Crippen molar-refractivity contribution in [1.29, 1.82) is 0 Å². The Kier molecular flexibility index (Phi) is 3.58. The molecule has 0 atom stereocenters. The van der Waals surface area contributed by atoms with Crippen LogP contribution in [-0.2, 0) is 0 Å². The van der Waals surface area contributed by atoms with Crippen molar-refractivity contribution < 1.29 is 8.78 Å². The summed E-state index contributed by atoms with van der Waals surface area (Å²) in [7, 11) is 0. The molecule has 0 fully saturated rings. The summed E-state index contributed by atoms with van der Waals surface area (Å²) in [6.07, 6.45) is 1.21. The molecule has 104 valence electrons. The lowest BCUT2D eigenvalue weighted by molar-refractivity contribution is 0.585. The summed E-state index contributed by atoms with van der Waals surface area (Å²) in [6.45, 7) is 0. The Bertz CT molecular complexity index is 808. The highest BCUT2D eigenvalue weighted by atomic mass is 35.5. The Morgan fingerprint density at radius 1 is 0.952 bits per heavy atom. The Labute approximate surface area is 124 Å². The minimum absolute atomic E-state index is 0.154. The molecule has 1 aromatic heterocycles. The lowest BCUT2D eigenvalue weighted by Crippen LogP contribution is -1.97. The standard InChI is InChI=1S/C15H8ClF2N3/c16-10-3-1-2-9(6-10)14-15(19-8-20-21-14)12-5-4-11(17)7-13(12)18/h1-8H. The Morgan fingerprint density at radius 2 is 1.81 bits per heavy atom. The van der Waals surface area contributed by atoms with Gasteiger partial charge in [-0.15, -0.1) is 10.2 Å². The maximum Gasteiger partial charge on any atom is 0.138 e. The predicted molar refractivity (Wildman–Crippen MR) is 75.6 cm³/mol. The van der Waals surface area contributed by atoms with E-state index >= 15 is 0 Å². The summed E-state index contributed by atoms with van der Waals surface area (Å²) in [4.78, 5) is 4.07. The van der Waals surface area contributed by atoms with Gasteiger partial charge in [-0.3, -0.25) is 0 Å². The zero-order valence-corrected chi connectivity index (χ0v) is 11.4. The molecule has 0 aliphatic carbocycles. The van der Waals surface area contributed by atoms with Crippen molar-refractivity contribution in [2.24, 2.45) is 0 Å². The van der Waals surface area contributed by atoms with Crippen LogP contribution in [0.2, 0.25) is 5.02 Å². The summed E-state index contributed by atoms with van der Waals surface area (Å²) >= 11 is 5.95. The van der Waals surface area contributed by atoms with Gasteiger partial charge in [0.25, 0.3) is 0 Å². The molecule has 0 saturated carbocycles. The third-order valence-corrected chi connectivity index (χ3v) is 3.14. The molecule has 0 unspecified atom stereocenters. The summed E-state index contributed by atoms with van der Waals surface area (Å²) in [5.41, 5.74) is 1.47. The van der Waals surface area contributed by atoms with E-state index < -0.39 is 11.6 Å². The first-order valence-corrected chi connectivity index (χ1v) is 6.42. The summed E-state index contributed by atoms with van der Waals surface area (Å²) in [6, 6.07) is 10.2. The third-order valence-electron chi connectivity index (χ3n) is 2.90. The van der Waals surface area contributed by atoms with Gasteiger partial charge in [0.15, 0.2) is 0 Å². The van der Waals surface area contributed by atoms with Crippen LogP contribution in [0.15, 0.2) is 48.8 Å². The highest BCUT2D eigenvalue weighted by molar-refractivity contribution is 6.30. The Morgan fingerprint density at radius 3 is 2.57 bits per heavy atom. The van der Waals surface area contributed by atoms with E-state index in [0.717, 1.165) is 6.07 Å². The fraction of sp³-hybridized carbons (Fsp3) is 0. The van der Waals surface area contributed by atoms with Crippen molar-refractivity contribution in [3.05, 3.63) is 65.4 Å². The quantitative estimate of drug-likeness (QED) is 0.714. The van der Waals surface area contributed by atoms with Gasteiger partial charge in [0, 0.05) is 22.2 Å². The van der Waals surface area contributed by atoms with Gasteiger partial charge in [-0.1, -0.05) is 23.7 Å². The molecule has 6 heteroatoms. The molecule has 3 nitrogen and oxygen atoms in total. The second-order valence-electron chi connectivity index (χ2n) is 4.29. The van der Waals surface area contributed by atoms with Gasteiger partial charge in [-0.25, -0.2) is 13.8 Å². The predicted octanol–water partition coefficient (Wildman–Crippen LogP) is 4.14. The molecule has 3 rings (SSSR count). The van der Waals surface area contributed by atoms with Gasteiger partial charge >= 0.3 is 0 Å². The maximum absolute atomic E-state index is 14.0. The first kappa shape index (κ1) is 13.6. The molecular weight excluding hydrogens is 296 g/mol. The summed E-state index contributed by atoms with van der Waals surface area (Å²) < 4.78 is 27.0. The second-order valence-corrected chi connectivity index (χ2v) is 4.73. The minimum atomic E-state index is -0.709. The molecule has 0 saturated heterocycles. The molecular formula is C15H8ClF2N3. The zero-order valence-electron chi connectivity index (χ0n) is 10.6. The molecule has 2 aromatic carbocycles. The van der Waals surface area contributed by atoms with Crippen molar-refractivity contribution in [3.8, 4) is 22.5 Å². The molecule has 21 heavy (non-hydrogen) atoms. The second kappa shape index (κ2) is 5.54. The first-order chi connectivity index (χ1) is 10.1. The molecule has 0 aliphatic rings. The average molecular weight is 304 g/mol. The van der Waals surface area contributed by atoms with Crippen LogP contribution in [-0.4, -0.2) is 15.2 Å². The molecule has 0 amide bonds. The number of nitrogens with zero attached hydrogens (tertiary/aromatic N) is 3. The normalized spacial score (nSPS) is 10.6. The fourth-order valence-electron chi connectivity index (χ4n) is 1.98. The number of rotatable bonds is 2. The Hall–Kier alpha value is -2.40. The van der Waals surface area contributed by atoms with Crippen molar-refractivity contribution in [1.82, 2.24) is 15.2 Å². The van der Waals surface area contributed by atoms with Crippen LogP contribution >= 0.6 is 11.6 Å². The lowest BCUT2D eigenvalue weighted by Gasteiger charge is -2.08. The lowest BCUT2D eigenvalue weighted by atomic mass is 10.0. The molecule has 1 heterocycles. The van der Waals surface area contributed by atoms with Crippen molar-refractivity contribution >= 4 is 11.6 Å². The van der Waals surface area contributed by atoms with Gasteiger partial charge in [0.1, 0.15) is 29.3 Å². The van der Waals surface area contributed by atoms with E-state index in [2.05, 4.69) is 15.2 Å². The van der Waals surface area contributed by atoms with Gasteiger partial charge < -0.3 is 0 Å². The smallest absolute Gasteiger partial charge is 0.138 e. The molecule has 0 spiro atoms. The number of aromatic nitrogens is 3. The highest BCUT2D eigenvalue weighted by Crippen LogP contribution is 2.30. The molecule has 3 aromatic rings.